The fraction of sp³-hybridized carbons (Fsp3) is 0.538. The Morgan fingerprint density at radius 3 is 2.11 bits per heavy atom. The van der Waals surface area contributed by atoms with E-state index in [-0.39, 0.29) is 0 Å². The maximum absolute atomic E-state index is 9.87. The lowest BCUT2D eigenvalue weighted by atomic mass is 9.92. The van der Waals surface area contributed by atoms with E-state index in [1.54, 1.807) is 0 Å². The van der Waals surface area contributed by atoms with Crippen LogP contribution in [0.5, 0.6) is 0 Å². The smallest absolute Gasteiger partial charge is 0.111 e. The largest absolute Gasteiger partial charge is 0.394 e. The molecule has 0 amide bonds. The van der Waals surface area contributed by atoms with Crippen molar-refractivity contribution in [2.75, 3.05) is 6.61 Å². The molecule has 2 rings (SSSR count). The van der Waals surface area contributed by atoms with Crippen LogP contribution in [-0.4, -0.2) is 57.6 Å². The highest BCUT2D eigenvalue weighted by molar-refractivity contribution is 5.16. The van der Waals surface area contributed by atoms with Crippen molar-refractivity contribution in [3.63, 3.8) is 0 Å². The Hall–Kier alpha value is -0.980. The van der Waals surface area contributed by atoms with Gasteiger partial charge in [-0.25, -0.2) is 0 Å². The standard InChI is InChI=1S/C13H18O5/c14-7-10-12(16)13(17)11(15)9(18-10)6-8-4-2-1-3-5-8/h1-5,9-17H,6-7H2/t9?,10-,11+,12-,13-/m1/s1. The SMILES string of the molecule is OC[C@H]1OC(Cc2ccccc2)[C@H](O)[C@@H](O)[C@@H]1O. The van der Waals surface area contributed by atoms with Gasteiger partial charge in [0.15, 0.2) is 0 Å². The maximum atomic E-state index is 9.87. The van der Waals surface area contributed by atoms with Gasteiger partial charge in [0, 0.05) is 6.42 Å². The fourth-order valence-electron chi connectivity index (χ4n) is 2.19. The summed E-state index contributed by atoms with van der Waals surface area (Å²) in [5.74, 6) is 0. The summed E-state index contributed by atoms with van der Waals surface area (Å²) in [4.78, 5) is 0. The second-order valence-corrected chi connectivity index (χ2v) is 4.56. The molecule has 0 aromatic heterocycles. The van der Waals surface area contributed by atoms with Crippen molar-refractivity contribution >= 4 is 0 Å². The van der Waals surface area contributed by atoms with E-state index in [4.69, 9.17) is 9.84 Å². The van der Waals surface area contributed by atoms with E-state index in [1.165, 1.54) is 0 Å². The lowest BCUT2D eigenvalue weighted by Gasteiger charge is -2.40. The Bertz CT molecular complexity index is 367. The van der Waals surface area contributed by atoms with Crippen LogP contribution in [-0.2, 0) is 11.2 Å². The average molecular weight is 254 g/mol. The van der Waals surface area contributed by atoms with Gasteiger partial charge in [0.1, 0.15) is 24.4 Å². The van der Waals surface area contributed by atoms with Gasteiger partial charge in [-0.15, -0.1) is 0 Å². The number of benzene rings is 1. The van der Waals surface area contributed by atoms with Gasteiger partial charge in [0.2, 0.25) is 0 Å². The number of aliphatic hydroxyl groups excluding tert-OH is 4. The molecule has 1 aromatic carbocycles. The van der Waals surface area contributed by atoms with Gasteiger partial charge in [-0.05, 0) is 5.56 Å². The summed E-state index contributed by atoms with van der Waals surface area (Å²) in [6.07, 6.45) is -4.81. The van der Waals surface area contributed by atoms with Crippen LogP contribution in [0.3, 0.4) is 0 Å². The molecule has 0 radical (unpaired) electrons. The Balaban J connectivity index is 2.08. The third-order valence-electron chi connectivity index (χ3n) is 3.27. The third kappa shape index (κ3) is 2.71. The van der Waals surface area contributed by atoms with Crippen LogP contribution < -0.4 is 0 Å². The predicted octanol–water partition coefficient (Wildman–Crippen LogP) is -0.929. The van der Waals surface area contributed by atoms with Crippen LogP contribution in [0, 0.1) is 0 Å². The molecule has 0 spiro atoms. The van der Waals surface area contributed by atoms with E-state index in [0.717, 1.165) is 5.56 Å². The van der Waals surface area contributed by atoms with Gasteiger partial charge in [-0.3, -0.25) is 0 Å². The van der Waals surface area contributed by atoms with Crippen molar-refractivity contribution in [3.8, 4) is 0 Å². The van der Waals surface area contributed by atoms with E-state index >= 15 is 0 Å². The highest BCUT2D eigenvalue weighted by Crippen LogP contribution is 2.23. The van der Waals surface area contributed by atoms with Crippen molar-refractivity contribution in [1.82, 2.24) is 0 Å². The summed E-state index contributed by atoms with van der Waals surface area (Å²) in [5.41, 5.74) is 0.960. The summed E-state index contributed by atoms with van der Waals surface area (Å²) in [5, 5.41) is 38.2. The first-order chi connectivity index (χ1) is 8.63. The minimum absolute atomic E-state index is 0.393. The number of hydrogen-bond acceptors (Lipinski definition) is 5. The van der Waals surface area contributed by atoms with Gasteiger partial charge in [0.25, 0.3) is 0 Å². The zero-order chi connectivity index (χ0) is 13.1. The van der Waals surface area contributed by atoms with Crippen LogP contribution in [0.2, 0.25) is 0 Å². The molecule has 0 saturated carbocycles. The molecule has 1 heterocycles. The van der Waals surface area contributed by atoms with E-state index in [9.17, 15) is 15.3 Å². The first-order valence-electron chi connectivity index (χ1n) is 5.98. The molecule has 1 aliphatic heterocycles. The zero-order valence-electron chi connectivity index (χ0n) is 9.88. The van der Waals surface area contributed by atoms with Crippen molar-refractivity contribution in [3.05, 3.63) is 35.9 Å². The molecule has 100 valence electrons. The molecule has 5 heteroatoms. The third-order valence-corrected chi connectivity index (χ3v) is 3.27. The number of ether oxygens (including phenoxy) is 1. The van der Waals surface area contributed by atoms with Crippen LogP contribution in [0.15, 0.2) is 30.3 Å². The van der Waals surface area contributed by atoms with Gasteiger partial charge in [-0.2, -0.15) is 0 Å². The molecule has 0 aliphatic carbocycles. The molecule has 1 aromatic rings. The highest BCUT2D eigenvalue weighted by Gasteiger charge is 2.43. The van der Waals surface area contributed by atoms with Crippen LogP contribution in [0.4, 0.5) is 0 Å². The minimum Gasteiger partial charge on any atom is -0.394 e. The van der Waals surface area contributed by atoms with E-state index in [2.05, 4.69) is 0 Å². The quantitative estimate of drug-likeness (QED) is 0.559. The topological polar surface area (TPSA) is 90.2 Å². The normalized spacial score (nSPS) is 36.6. The average Bonchev–Trinajstić information content (AvgIpc) is 2.40. The molecule has 5 nitrogen and oxygen atoms in total. The Morgan fingerprint density at radius 2 is 1.50 bits per heavy atom. The molecule has 1 unspecified atom stereocenters. The summed E-state index contributed by atoms with van der Waals surface area (Å²) in [6, 6.07) is 9.42. The molecule has 1 saturated heterocycles. The summed E-state index contributed by atoms with van der Waals surface area (Å²) >= 11 is 0. The Morgan fingerprint density at radius 1 is 0.889 bits per heavy atom. The van der Waals surface area contributed by atoms with Gasteiger partial charge in [-0.1, -0.05) is 30.3 Å². The molecular weight excluding hydrogens is 236 g/mol. The highest BCUT2D eigenvalue weighted by atomic mass is 16.5. The Labute approximate surface area is 105 Å². The number of aliphatic hydroxyl groups is 4. The van der Waals surface area contributed by atoms with Gasteiger partial charge < -0.3 is 25.2 Å². The first-order valence-corrected chi connectivity index (χ1v) is 5.98. The van der Waals surface area contributed by atoms with Crippen LogP contribution in [0.1, 0.15) is 5.56 Å². The summed E-state index contributed by atoms with van der Waals surface area (Å²) < 4.78 is 5.42. The van der Waals surface area contributed by atoms with E-state index in [0.29, 0.717) is 6.42 Å². The lowest BCUT2D eigenvalue weighted by Crippen LogP contribution is -2.58. The molecule has 5 atom stereocenters. The van der Waals surface area contributed by atoms with Crippen molar-refractivity contribution < 1.29 is 25.2 Å². The monoisotopic (exact) mass is 254 g/mol. The van der Waals surface area contributed by atoms with Crippen molar-refractivity contribution in [1.29, 1.82) is 0 Å². The van der Waals surface area contributed by atoms with E-state index < -0.39 is 37.1 Å². The molecule has 1 fully saturated rings. The number of hydrogen-bond donors (Lipinski definition) is 4. The van der Waals surface area contributed by atoms with Crippen LogP contribution in [0.25, 0.3) is 0 Å². The molecule has 0 bridgehead atoms. The van der Waals surface area contributed by atoms with Crippen molar-refractivity contribution in [2.24, 2.45) is 0 Å². The zero-order valence-corrected chi connectivity index (χ0v) is 9.88. The molecular formula is C13H18O5. The van der Waals surface area contributed by atoms with E-state index in [1.807, 2.05) is 30.3 Å². The fourth-order valence-corrected chi connectivity index (χ4v) is 2.19. The predicted molar refractivity (Wildman–Crippen MR) is 63.9 cm³/mol. The van der Waals surface area contributed by atoms with Crippen molar-refractivity contribution in [2.45, 2.75) is 36.9 Å². The summed E-state index contributed by atoms with van der Waals surface area (Å²) in [7, 11) is 0. The molecule has 4 N–H and O–H groups in total. The Kier molecular flexibility index (Phi) is 4.31. The molecule has 1 aliphatic rings. The second-order valence-electron chi connectivity index (χ2n) is 4.56. The maximum Gasteiger partial charge on any atom is 0.111 e. The first kappa shape index (κ1) is 13.5. The van der Waals surface area contributed by atoms with Gasteiger partial charge in [0.05, 0.1) is 12.7 Å². The van der Waals surface area contributed by atoms with Gasteiger partial charge >= 0.3 is 0 Å². The number of rotatable bonds is 3. The minimum atomic E-state index is -1.30. The second kappa shape index (κ2) is 5.77. The van der Waals surface area contributed by atoms with Crippen LogP contribution >= 0.6 is 0 Å². The lowest BCUT2D eigenvalue weighted by molar-refractivity contribution is -0.228. The summed E-state index contributed by atoms with van der Waals surface area (Å²) in [6.45, 7) is -0.393. The molecule has 18 heavy (non-hydrogen) atoms.